The van der Waals surface area contributed by atoms with E-state index in [4.69, 9.17) is 4.74 Å². The van der Waals surface area contributed by atoms with E-state index in [0.29, 0.717) is 5.75 Å². The zero-order valence-electron chi connectivity index (χ0n) is 7.46. The molecule has 0 fully saturated rings. The minimum Gasteiger partial charge on any atom is -0.489 e. The third-order valence-electron chi connectivity index (χ3n) is 1.56. The van der Waals surface area contributed by atoms with Crippen LogP contribution >= 0.6 is 12.6 Å². The summed E-state index contributed by atoms with van der Waals surface area (Å²) in [6.45, 7) is 3.92. The first-order valence-corrected chi connectivity index (χ1v) is 4.62. The summed E-state index contributed by atoms with van der Waals surface area (Å²) in [4.78, 5) is 0. The number of hydrogen-bond acceptors (Lipinski definition) is 2. The first-order valence-electron chi connectivity index (χ1n) is 3.99. The summed E-state index contributed by atoms with van der Waals surface area (Å²) in [6, 6.07) is 3.39. The Labute approximate surface area is 86.8 Å². The molecule has 0 saturated heterocycles. The lowest BCUT2D eigenvalue weighted by Gasteiger charge is -2.06. The van der Waals surface area contributed by atoms with Crippen molar-refractivity contribution in [2.75, 3.05) is 12.4 Å². The van der Waals surface area contributed by atoms with Crippen molar-refractivity contribution in [1.29, 1.82) is 0 Å². The van der Waals surface area contributed by atoms with Gasteiger partial charge in [-0.15, -0.1) is 0 Å². The fourth-order valence-corrected chi connectivity index (χ4v) is 0.889. The van der Waals surface area contributed by atoms with Crippen LogP contribution in [0.5, 0.6) is 5.75 Å². The van der Waals surface area contributed by atoms with Crippen LogP contribution in [-0.4, -0.2) is 12.4 Å². The van der Waals surface area contributed by atoms with Crippen molar-refractivity contribution in [2.24, 2.45) is 0 Å². The van der Waals surface area contributed by atoms with Gasteiger partial charge >= 0.3 is 0 Å². The van der Waals surface area contributed by atoms with Crippen molar-refractivity contribution < 1.29 is 13.5 Å². The van der Waals surface area contributed by atoms with Crippen LogP contribution in [0.2, 0.25) is 0 Å². The Kier molecular flexibility index (Phi) is 3.95. The molecule has 0 aliphatic carbocycles. The lowest BCUT2D eigenvalue weighted by atomic mass is 10.3. The molecule has 1 aromatic rings. The molecule has 0 aromatic heterocycles. The molecule has 0 unspecified atom stereocenters. The van der Waals surface area contributed by atoms with Gasteiger partial charge in [0, 0.05) is 11.8 Å². The largest absolute Gasteiger partial charge is 0.489 e. The Hall–Kier alpha value is -1.03. The first-order chi connectivity index (χ1) is 6.63. The van der Waals surface area contributed by atoms with Gasteiger partial charge in [0.25, 0.3) is 0 Å². The van der Waals surface area contributed by atoms with Gasteiger partial charge in [0.15, 0.2) is 11.6 Å². The molecular weight excluding hydrogens is 206 g/mol. The molecule has 4 heteroatoms. The van der Waals surface area contributed by atoms with Gasteiger partial charge in [-0.1, -0.05) is 6.58 Å². The molecule has 0 saturated carbocycles. The summed E-state index contributed by atoms with van der Waals surface area (Å²) in [6.07, 6.45) is 0. The molecule has 1 aromatic carbocycles. The summed E-state index contributed by atoms with van der Waals surface area (Å²) < 4.78 is 30.3. The average molecular weight is 216 g/mol. The summed E-state index contributed by atoms with van der Waals surface area (Å²) in [7, 11) is 0. The molecular formula is C10H10F2OS. The van der Waals surface area contributed by atoms with Crippen LogP contribution in [0, 0.1) is 11.6 Å². The van der Waals surface area contributed by atoms with E-state index in [2.05, 4.69) is 19.2 Å². The fourth-order valence-electron chi connectivity index (χ4n) is 0.798. The number of rotatable bonds is 4. The molecule has 0 N–H and O–H groups in total. The minimum absolute atomic E-state index is 0.259. The van der Waals surface area contributed by atoms with Crippen molar-refractivity contribution in [3.05, 3.63) is 42.0 Å². The summed E-state index contributed by atoms with van der Waals surface area (Å²) in [5, 5.41) is 0. The van der Waals surface area contributed by atoms with E-state index in [9.17, 15) is 8.78 Å². The van der Waals surface area contributed by atoms with Crippen LogP contribution in [-0.2, 0) is 0 Å². The van der Waals surface area contributed by atoms with Crippen LogP contribution in [0.25, 0.3) is 0 Å². The monoisotopic (exact) mass is 216 g/mol. The quantitative estimate of drug-likeness (QED) is 0.601. The molecule has 0 spiro atoms. The Morgan fingerprint density at radius 1 is 1.36 bits per heavy atom. The Bertz CT molecular complexity index is 339. The highest BCUT2D eigenvalue weighted by molar-refractivity contribution is 7.80. The smallest absolute Gasteiger partial charge is 0.162 e. The number of benzene rings is 1. The highest BCUT2D eigenvalue weighted by Gasteiger charge is 2.03. The Morgan fingerprint density at radius 2 is 2.07 bits per heavy atom. The number of ether oxygens (including phenoxy) is 1. The minimum atomic E-state index is -0.918. The van der Waals surface area contributed by atoms with Crippen LogP contribution in [0.15, 0.2) is 30.4 Å². The second-order valence-electron chi connectivity index (χ2n) is 2.77. The molecule has 0 bridgehead atoms. The highest BCUT2D eigenvalue weighted by Crippen LogP contribution is 2.15. The van der Waals surface area contributed by atoms with Gasteiger partial charge < -0.3 is 4.74 Å². The second-order valence-corrected chi connectivity index (χ2v) is 3.09. The van der Waals surface area contributed by atoms with Crippen LogP contribution in [0.1, 0.15) is 0 Å². The molecule has 76 valence electrons. The topological polar surface area (TPSA) is 9.23 Å². The number of halogens is 2. The van der Waals surface area contributed by atoms with Gasteiger partial charge in [0.2, 0.25) is 0 Å². The molecule has 1 rings (SSSR count). The van der Waals surface area contributed by atoms with E-state index < -0.39 is 11.6 Å². The molecule has 0 amide bonds. The van der Waals surface area contributed by atoms with E-state index in [1.807, 2.05) is 0 Å². The standard InChI is InChI=1S/C10H10F2OS/c1-7(6-14)5-13-8-2-3-9(11)10(12)4-8/h2-4,14H,1,5-6H2. The molecule has 1 nitrogen and oxygen atoms in total. The number of hydrogen-bond donors (Lipinski definition) is 1. The van der Waals surface area contributed by atoms with E-state index in [0.717, 1.165) is 17.7 Å². The third kappa shape index (κ3) is 3.03. The van der Waals surface area contributed by atoms with E-state index >= 15 is 0 Å². The van der Waals surface area contributed by atoms with Crippen molar-refractivity contribution in [1.82, 2.24) is 0 Å². The van der Waals surface area contributed by atoms with Crippen LogP contribution in [0.3, 0.4) is 0 Å². The second kappa shape index (κ2) is 5.00. The zero-order chi connectivity index (χ0) is 10.6. The van der Waals surface area contributed by atoms with E-state index in [1.54, 1.807) is 0 Å². The Morgan fingerprint density at radius 3 is 2.64 bits per heavy atom. The van der Waals surface area contributed by atoms with Crippen LogP contribution < -0.4 is 4.74 Å². The van der Waals surface area contributed by atoms with Gasteiger partial charge in [-0.25, -0.2) is 8.78 Å². The van der Waals surface area contributed by atoms with Gasteiger partial charge in [0.05, 0.1) is 0 Å². The fraction of sp³-hybridized carbons (Fsp3) is 0.200. The number of thiol groups is 1. The summed E-state index contributed by atoms with van der Waals surface area (Å²) in [5.41, 5.74) is 0.776. The van der Waals surface area contributed by atoms with Gasteiger partial charge in [-0.05, 0) is 17.7 Å². The predicted octanol–water partition coefficient (Wildman–Crippen LogP) is 2.83. The van der Waals surface area contributed by atoms with Crippen LogP contribution in [0.4, 0.5) is 8.78 Å². The maximum Gasteiger partial charge on any atom is 0.162 e. The lowest BCUT2D eigenvalue weighted by molar-refractivity contribution is 0.349. The third-order valence-corrected chi connectivity index (χ3v) is 2.00. The molecule has 0 aliphatic rings. The maximum absolute atomic E-state index is 12.7. The maximum atomic E-state index is 12.7. The summed E-state index contributed by atoms with van der Waals surface area (Å²) in [5.74, 6) is -1.01. The predicted molar refractivity (Wildman–Crippen MR) is 54.8 cm³/mol. The molecule has 14 heavy (non-hydrogen) atoms. The van der Waals surface area contributed by atoms with Gasteiger partial charge in [-0.2, -0.15) is 12.6 Å². The first kappa shape index (κ1) is 11.0. The van der Waals surface area contributed by atoms with Gasteiger partial charge in [-0.3, -0.25) is 0 Å². The summed E-state index contributed by atoms with van der Waals surface area (Å²) >= 11 is 3.98. The molecule has 0 heterocycles. The van der Waals surface area contributed by atoms with Gasteiger partial charge in [0.1, 0.15) is 12.4 Å². The highest BCUT2D eigenvalue weighted by atomic mass is 32.1. The zero-order valence-corrected chi connectivity index (χ0v) is 8.36. The van der Waals surface area contributed by atoms with Crippen molar-refractivity contribution >= 4 is 12.6 Å². The van der Waals surface area contributed by atoms with E-state index in [1.165, 1.54) is 6.07 Å². The van der Waals surface area contributed by atoms with Crippen molar-refractivity contribution in [3.8, 4) is 5.75 Å². The lowest BCUT2D eigenvalue weighted by Crippen LogP contribution is -2.01. The van der Waals surface area contributed by atoms with Crippen molar-refractivity contribution in [3.63, 3.8) is 0 Å². The molecule has 0 radical (unpaired) electrons. The average Bonchev–Trinajstić information content (AvgIpc) is 2.19. The van der Waals surface area contributed by atoms with Crippen molar-refractivity contribution in [2.45, 2.75) is 0 Å². The Balaban J connectivity index is 2.60. The molecule has 0 aliphatic heterocycles. The SMILES string of the molecule is C=C(CS)COc1ccc(F)c(F)c1. The normalized spacial score (nSPS) is 9.93. The molecule has 0 atom stereocenters. The van der Waals surface area contributed by atoms with E-state index in [-0.39, 0.29) is 12.4 Å².